The number of benzene rings is 2. The molecular formula is C19H10ClFN2O4S. The molecule has 0 aliphatic heterocycles. The molecule has 4 aromatic rings. The van der Waals surface area contributed by atoms with Crippen LogP contribution in [-0.4, -0.2) is 22.0 Å². The molecule has 0 saturated heterocycles. The van der Waals surface area contributed by atoms with Gasteiger partial charge in [-0.25, -0.2) is 14.2 Å². The van der Waals surface area contributed by atoms with E-state index in [0.717, 1.165) is 17.4 Å². The number of thiophene rings is 1. The van der Waals surface area contributed by atoms with Crippen LogP contribution in [0.3, 0.4) is 0 Å². The summed E-state index contributed by atoms with van der Waals surface area (Å²) in [7, 11) is 0. The minimum Gasteiger partial charge on any atom is -0.478 e. The van der Waals surface area contributed by atoms with Crippen LogP contribution in [-0.2, 0) is 0 Å². The molecule has 0 fully saturated rings. The molecule has 2 aromatic carbocycles. The number of fused-ring (bicyclic) bond motifs is 1. The molecule has 0 saturated carbocycles. The molecule has 0 atom stereocenters. The molecule has 0 radical (unpaired) electrons. The summed E-state index contributed by atoms with van der Waals surface area (Å²) in [5.41, 5.74) is 1.48. The lowest BCUT2D eigenvalue weighted by molar-refractivity contribution is 0.0699. The average molecular weight is 417 g/mol. The predicted molar refractivity (Wildman–Crippen MR) is 104 cm³/mol. The van der Waals surface area contributed by atoms with Gasteiger partial charge in [-0.1, -0.05) is 23.7 Å². The number of nitrogens with zero attached hydrogens (tertiary/aromatic N) is 1. The lowest BCUT2D eigenvalue weighted by Crippen LogP contribution is -2.13. The van der Waals surface area contributed by atoms with E-state index in [0.29, 0.717) is 16.1 Å². The van der Waals surface area contributed by atoms with Gasteiger partial charge in [-0.3, -0.25) is 4.79 Å². The standard InChI is InChI=1S/C19H10ClFN2O4S/c20-10-3-1-9(2-4-10)12-8-28-18(15(12)19(25)26)23-16(24)17-22-13-7-11(21)5-6-14(13)27-17/h1-8H,(H,23,24)(H,25,26). The summed E-state index contributed by atoms with van der Waals surface area (Å²) < 4.78 is 18.6. The van der Waals surface area contributed by atoms with Crippen molar-refractivity contribution in [2.45, 2.75) is 0 Å². The average Bonchev–Trinajstić information content (AvgIpc) is 3.26. The van der Waals surface area contributed by atoms with Crippen LogP contribution in [0.2, 0.25) is 5.02 Å². The Labute approximate surface area is 166 Å². The normalized spacial score (nSPS) is 10.9. The minimum atomic E-state index is -1.19. The van der Waals surface area contributed by atoms with Crippen molar-refractivity contribution in [3.8, 4) is 11.1 Å². The Morgan fingerprint density at radius 2 is 1.93 bits per heavy atom. The molecule has 4 rings (SSSR count). The number of halogens is 2. The van der Waals surface area contributed by atoms with Crippen LogP contribution in [0.5, 0.6) is 0 Å². The smallest absolute Gasteiger partial charge is 0.339 e. The number of rotatable bonds is 4. The molecule has 6 nitrogen and oxygen atoms in total. The molecule has 0 aliphatic carbocycles. The maximum atomic E-state index is 13.3. The van der Waals surface area contributed by atoms with E-state index in [9.17, 15) is 19.1 Å². The van der Waals surface area contributed by atoms with Crippen LogP contribution in [0.4, 0.5) is 9.39 Å². The third-order valence-corrected chi connectivity index (χ3v) is 5.08. The van der Waals surface area contributed by atoms with Gasteiger partial charge in [-0.2, -0.15) is 0 Å². The third kappa shape index (κ3) is 3.35. The SMILES string of the molecule is O=C(Nc1scc(-c2ccc(Cl)cc2)c1C(=O)O)c1nc2cc(F)ccc2o1. The quantitative estimate of drug-likeness (QED) is 0.471. The Hall–Kier alpha value is -3.23. The van der Waals surface area contributed by atoms with Crippen molar-refractivity contribution < 1.29 is 23.5 Å². The van der Waals surface area contributed by atoms with Gasteiger partial charge in [0.2, 0.25) is 0 Å². The lowest BCUT2D eigenvalue weighted by Gasteiger charge is -2.04. The maximum Gasteiger partial charge on any atom is 0.339 e. The lowest BCUT2D eigenvalue weighted by atomic mass is 10.0. The summed E-state index contributed by atoms with van der Waals surface area (Å²) in [5.74, 6) is -2.73. The number of oxazole rings is 1. The van der Waals surface area contributed by atoms with E-state index in [1.807, 2.05) is 0 Å². The highest BCUT2D eigenvalue weighted by atomic mass is 35.5. The van der Waals surface area contributed by atoms with E-state index in [1.54, 1.807) is 29.6 Å². The number of hydrogen-bond acceptors (Lipinski definition) is 5. The molecule has 9 heteroatoms. The Kier molecular flexibility index (Phi) is 4.58. The van der Waals surface area contributed by atoms with E-state index >= 15 is 0 Å². The van der Waals surface area contributed by atoms with Gasteiger partial charge < -0.3 is 14.8 Å². The fourth-order valence-corrected chi connectivity index (χ4v) is 3.74. The Morgan fingerprint density at radius 1 is 1.18 bits per heavy atom. The number of nitrogens with one attached hydrogen (secondary N) is 1. The molecule has 1 amide bonds. The highest BCUT2D eigenvalue weighted by Gasteiger charge is 2.23. The zero-order valence-corrected chi connectivity index (χ0v) is 15.5. The largest absolute Gasteiger partial charge is 0.478 e. The minimum absolute atomic E-state index is 0.0529. The van der Waals surface area contributed by atoms with Gasteiger partial charge in [0.05, 0.1) is 0 Å². The highest BCUT2D eigenvalue weighted by Crippen LogP contribution is 2.36. The Bertz CT molecular complexity index is 1220. The van der Waals surface area contributed by atoms with E-state index in [-0.39, 0.29) is 27.6 Å². The second-order valence-corrected chi connectivity index (χ2v) is 7.07. The van der Waals surface area contributed by atoms with Crippen molar-refractivity contribution in [1.82, 2.24) is 4.98 Å². The molecule has 2 heterocycles. The third-order valence-electron chi connectivity index (χ3n) is 3.93. The molecule has 0 bridgehead atoms. The van der Waals surface area contributed by atoms with Gasteiger partial charge in [0.15, 0.2) is 5.58 Å². The van der Waals surface area contributed by atoms with Gasteiger partial charge in [-0.15, -0.1) is 11.3 Å². The van der Waals surface area contributed by atoms with Crippen LogP contribution < -0.4 is 5.32 Å². The van der Waals surface area contributed by atoms with E-state index in [1.165, 1.54) is 12.1 Å². The van der Waals surface area contributed by atoms with E-state index < -0.39 is 17.7 Å². The van der Waals surface area contributed by atoms with Crippen molar-refractivity contribution in [1.29, 1.82) is 0 Å². The summed E-state index contributed by atoms with van der Waals surface area (Å²) in [6.45, 7) is 0. The number of hydrogen-bond donors (Lipinski definition) is 2. The van der Waals surface area contributed by atoms with Crippen LogP contribution in [0, 0.1) is 5.82 Å². The molecular weight excluding hydrogens is 407 g/mol. The monoisotopic (exact) mass is 416 g/mol. The molecule has 0 aliphatic rings. The first kappa shape index (κ1) is 18.1. The second kappa shape index (κ2) is 7.06. The summed E-state index contributed by atoms with van der Waals surface area (Å²) in [6.07, 6.45) is 0. The molecule has 28 heavy (non-hydrogen) atoms. The maximum absolute atomic E-state index is 13.3. The van der Waals surface area contributed by atoms with Gasteiger partial charge in [-0.05, 0) is 29.8 Å². The topological polar surface area (TPSA) is 92.4 Å². The first-order valence-corrected chi connectivity index (χ1v) is 9.16. The zero-order chi connectivity index (χ0) is 19.8. The summed E-state index contributed by atoms with van der Waals surface area (Å²) >= 11 is 6.94. The zero-order valence-electron chi connectivity index (χ0n) is 13.9. The fourth-order valence-electron chi connectivity index (χ4n) is 2.66. The predicted octanol–water partition coefficient (Wildman–Crippen LogP) is 5.30. The number of aromatic nitrogens is 1. The number of amides is 1. The molecule has 0 unspecified atom stereocenters. The van der Waals surface area contributed by atoms with Crippen LogP contribution in [0.15, 0.2) is 52.3 Å². The number of carboxylic acid groups (broad SMARTS) is 1. The second-order valence-electron chi connectivity index (χ2n) is 5.75. The van der Waals surface area contributed by atoms with Crippen molar-refractivity contribution in [3.63, 3.8) is 0 Å². The van der Waals surface area contributed by atoms with Crippen LogP contribution >= 0.6 is 22.9 Å². The molecule has 0 spiro atoms. The van der Waals surface area contributed by atoms with Crippen molar-refractivity contribution in [3.05, 3.63) is 70.1 Å². The Morgan fingerprint density at radius 3 is 2.64 bits per heavy atom. The number of carbonyl (C=O) groups is 2. The van der Waals surface area contributed by atoms with Crippen molar-refractivity contribution >= 4 is 50.9 Å². The molecule has 2 N–H and O–H groups in total. The highest BCUT2D eigenvalue weighted by molar-refractivity contribution is 7.15. The molecule has 2 aromatic heterocycles. The van der Waals surface area contributed by atoms with E-state index in [2.05, 4.69) is 10.3 Å². The number of aromatic carboxylic acids is 1. The van der Waals surface area contributed by atoms with Gasteiger partial charge >= 0.3 is 11.9 Å². The van der Waals surface area contributed by atoms with Gasteiger partial charge in [0, 0.05) is 22.0 Å². The van der Waals surface area contributed by atoms with Crippen molar-refractivity contribution in [2.75, 3.05) is 5.32 Å². The van der Waals surface area contributed by atoms with Crippen LogP contribution in [0.25, 0.3) is 22.2 Å². The van der Waals surface area contributed by atoms with Gasteiger partial charge in [0.1, 0.15) is 21.9 Å². The summed E-state index contributed by atoms with van der Waals surface area (Å²) in [4.78, 5) is 28.2. The number of carbonyl (C=O) groups excluding carboxylic acids is 1. The summed E-state index contributed by atoms with van der Waals surface area (Å²) in [6, 6.07) is 10.4. The Balaban J connectivity index is 1.67. The fraction of sp³-hybridized carbons (Fsp3) is 0. The summed E-state index contributed by atoms with van der Waals surface area (Å²) in [5, 5.41) is 14.4. The number of anilines is 1. The van der Waals surface area contributed by atoms with Crippen molar-refractivity contribution in [2.24, 2.45) is 0 Å². The van der Waals surface area contributed by atoms with Crippen LogP contribution in [0.1, 0.15) is 21.0 Å². The van der Waals surface area contributed by atoms with E-state index in [4.69, 9.17) is 16.0 Å². The first-order chi connectivity index (χ1) is 13.4. The number of carboxylic acids is 1. The molecule has 140 valence electrons. The van der Waals surface area contributed by atoms with Gasteiger partial charge in [0.25, 0.3) is 5.89 Å². The first-order valence-electron chi connectivity index (χ1n) is 7.90.